The molecule has 0 aromatic carbocycles. The van der Waals surface area contributed by atoms with Gasteiger partial charge in [-0.1, -0.05) is 97.8 Å². The second kappa shape index (κ2) is 22.0. The Bertz CT molecular complexity index is 522. The van der Waals surface area contributed by atoms with Gasteiger partial charge in [0.1, 0.15) is 13.2 Å². The largest absolute Gasteiger partial charge is 0.558 e. The van der Waals surface area contributed by atoms with Crippen LogP contribution in [-0.4, -0.2) is 51.8 Å². The summed E-state index contributed by atoms with van der Waals surface area (Å²) >= 11 is 1.88. The smallest absolute Gasteiger partial charge is 0.476 e. The lowest BCUT2D eigenvalue weighted by molar-refractivity contribution is -0.156. The van der Waals surface area contributed by atoms with Crippen molar-refractivity contribution in [3.8, 4) is 0 Å². The van der Waals surface area contributed by atoms with Gasteiger partial charge in [-0.15, -0.1) is 4.52 Å². The number of rotatable bonds is 25. The number of ether oxygens (including phenoxy) is 1. The lowest BCUT2D eigenvalue weighted by atomic mass is 10.1. The summed E-state index contributed by atoms with van der Waals surface area (Å²) < 4.78 is 23.1. The van der Waals surface area contributed by atoms with Crippen LogP contribution in [0.5, 0.6) is 0 Å². The number of carbonyl (C=O) groups is 1. The third-order valence-electron chi connectivity index (χ3n) is 6.05. The molecule has 0 spiro atoms. The van der Waals surface area contributed by atoms with Crippen LogP contribution in [0.15, 0.2) is 0 Å². The third-order valence-corrected chi connectivity index (χ3v) is 8.96. The van der Waals surface area contributed by atoms with Crippen molar-refractivity contribution in [2.75, 3.05) is 19.0 Å². The van der Waals surface area contributed by atoms with Crippen molar-refractivity contribution in [3.63, 3.8) is 0 Å². The quantitative estimate of drug-likeness (QED) is 0.0926. The molecule has 0 radical (unpaired) electrons. The van der Waals surface area contributed by atoms with E-state index in [2.05, 4.69) is 13.8 Å². The van der Waals surface area contributed by atoms with E-state index in [0.717, 1.165) is 31.4 Å². The first-order valence-corrected chi connectivity index (χ1v) is 15.8. The molecule has 0 aromatic rings. The van der Waals surface area contributed by atoms with Crippen LogP contribution in [0, 0.1) is 0 Å². The molecular formula is C26H52O6PS+. The number of aliphatic carboxylic acids is 1. The fourth-order valence-electron chi connectivity index (χ4n) is 3.70. The summed E-state index contributed by atoms with van der Waals surface area (Å²) in [4.78, 5) is 11.6. The van der Waals surface area contributed by atoms with Crippen molar-refractivity contribution < 1.29 is 28.8 Å². The minimum Gasteiger partial charge on any atom is -0.476 e. The van der Waals surface area contributed by atoms with Gasteiger partial charge in [0.25, 0.3) is 0 Å². The first-order chi connectivity index (χ1) is 16.3. The first kappa shape index (κ1) is 33.8. The molecular weight excluding hydrogens is 471 g/mol. The van der Waals surface area contributed by atoms with Gasteiger partial charge in [-0.2, -0.15) is 11.8 Å². The number of aliphatic hydroxyl groups is 1. The average molecular weight is 524 g/mol. The number of carboxylic acid groups (broad SMARTS) is 1. The van der Waals surface area contributed by atoms with Crippen LogP contribution >= 0.6 is 19.8 Å². The molecule has 4 atom stereocenters. The van der Waals surface area contributed by atoms with E-state index in [1.165, 1.54) is 64.2 Å². The van der Waals surface area contributed by atoms with Crippen LogP contribution in [0.25, 0.3) is 0 Å². The van der Waals surface area contributed by atoms with Gasteiger partial charge in [-0.05, 0) is 36.5 Å². The predicted octanol–water partition coefficient (Wildman–Crippen LogP) is 7.94. The standard InChI is InChI=1S/C26H51O6PS/c1-5-8-10-11-12-13-14-15-16-18-21-34-24(19-17-9-6-2)23(4)31-22-26(29,25(27)28)33(30)32-20-7-3/h23-24,29H,5-22H2,1-4H3/p+1. The van der Waals surface area contributed by atoms with Crippen molar-refractivity contribution in [1.29, 1.82) is 0 Å². The Morgan fingerprint density at radius 2 is 1.41 bits per heavy atom. The maximum atomic E-state index is 12.3. The second-order valence-corrected chi connectivity index (χ2v) is 12.2. The molecule has 4 unspecified atom stereocenters. The predicted molar refractivity (Wildman–Crippen MR) is 144 cm³/mol. The van der Waals surface area contributed by atoms with Crippen LogP contribution < -0.4 is 0 Å². The SMILES string of the molecule is CCCCCCCCCCCCSC(CCCCC)C(C)OCC(O)(C(=O)O)[P+](=O)OCCC. The number of hydrogen-bond donors (Lipinski definition) is 2. The molecule has 8 heteroatoms. The molecule has 0 rings (SSSR count). The lowest BCUT2D eigenvalue weighted by Crippen LogP contribution is -2.42. The Morgan fingerprint density at radius 1 is 0.882 bits per heavy atom. The van der Waals surface area contributed by atoms with E-state index in [-0.39, 0.29) is 18.0 Å². The number of thioether (sulfide) groups is 1. The highest BCUT2D eigenvalue weighted by molar-refractivity contribution is 7.99. The average Bonchev–Trinajstić information content (AvgIpc) is 2.82. The maximum Gasteiger partial charge on any atom is 0.558 e. The van der Waals surface area contributed by atoms with Crippen molar-refractivity contribution in [2.45, 2.75) is 141 Å². The Kier molecular flexibility index (Phi) is 21.9. The van der Waals surface area contributed by atoms with Gasteiger partial charge in [0.2, 0.25) is 0 Å². The molecule has 202 valence electrons. The fourth-order valence-corrected chi connectivity index (χ4v) is 5.96. The Balaban J connectivity index is 4.46. The maximum absolute atomic E-state index is 12.3. The van der Waals surface area contributed by atoms with E-state index in [0.29, 0.717) is 6.42 Å². The van der Waals surface area contributed by atoms with Crippen molar-refractivity contribution >= 4 is 25.8 Å². The van der Waals surface area contributed by atoms with Crippen LogP contribution in [0.2, 0.25) is 0 Å². The number of unbranched alkanes of at least 4 members (excludes halogenated alkanes) is 11. The van der Waals surface area contributed by atoms with E-state index >= 15 is 0 Å². The van der Waals surface area contributed by atoms with E-state index in [1.807, 2.05) is 25.6 Å². The highest BCUT2D eigenvalue weighted by atomic mass is 32.2. The molecule has 0 amide bonds. The van der Waals surface area contributed by atoms with Crippen molar-refractivity contribution in [3.05, 3.63) is 0 Å². The van der Waals surface area contributed by atoms with Crippen LogP contribution in [0.3, 0.4) is 0 Å². The van der Waals surface area contributed by atoms with Gasteiger partial charge in [-0.3, -0.25) is 0 Å². The number of carboxylic acids is 1. The van der Waals surface area contributed by atoms with E-state index in [9.17, 15) is 19.6 Å². The molecule has 0 bridgehead atoms. The molecule has 2 N–H and O–H groups in total. The number of hydrogen-bond acceptors (Lipinski definition) is 6. The van der Waals surface area contributed by atoms with Crippen LogP contribution in [0.4, 0.5) is 0 Å². The topological polar surface area (TPSA) is 93.1 Å². The Labute approximate surface area is 214 Å². The first-order valence-electron chi connectivity index (χ1n) is 13.6. The normalized spacial score (nSPS) is 15.6. The molecule has 0 aliphatic rings. The highest BCUT2D eigenvalue weighted by Crippen LogP contribution is 2.39. The van der Waals surface area contributed by atoms with Crippen LogP contribution in [0.1, 0.15) is 124 Å². The molecule has 0 heterocycles. The summed E-state index contributed by atoms with van der Waals surface area (Å²) in [6.07, 6.45) is 17.9. The zero-order chi connectivity index (χ0) is 25.7. The minimum absolute atomic E-state index is 0.134. The summed E-state index contributed by atoms with van der Waals surface area (Å²) in [7, 11) is -2.79. The summed E-state index contributed by atoms with van der Waals surface area (Å²) in [5.74, 6) is -0.518. The Morgan fingerprint density at radius 3 is 1.94 bits per heavy atom. The lowest BCUT2D eigenvalue weighted by Gasteiger charge is -2.25. The summed E-state index contributed by atoms with van der Waals surface area (Å²) in [5.41, 5.74) is 0. The summed E-state index contributed by atoms with van der Waals surface area (Å²) in [6.45, 7) is 7.77. The van der Waals surface area contributed by atoms with Gasteiger partial charge in [0, 0.05) is 5.25 Å². The molecule has 0 saturated heterocycles. The minimum atomic E-state index is -2.79. The third kappa shape index (κ3) is 15.7. The molecule has 34 heavy (non-hydrogen) atoms. The van der Waals surface area contributed by atoms with Gasteiger partial charge < -0.3 is 14.9 Å². The van der Waals surface area contributed by atoms with E-state index in [4.69, 9.17) is 9.26 Å². The van der Waals surface area contributed by atoms with Crippen LogP contribution in [-0.2, 0) is 18.6 Å². The monoisotopic (exact) mass is 523 g/mol. The summed E-state index contributed by atoms with van der Waals surface area (Å²) in [5, 5.41) is 17.6. The Hall–Kier alpha value is -0.200. The zero-order valence-corrected chi connectivity index (χ0v) is 24.0. The molecule has 0 fully saturated rings. The van der Waals surface area contributed by atoms with Gasteiger partial charge in [-0.25, -0.2) is 4.79 Å². The highest BCUT2D eigenvalue weighted by Gasteiger charge is 2.58. The fraction of sp³-hybridized carbons (Fsp3) is 0.962. The second-order valence-electron chi connectivity index (χ2n) is 9.32. The van der Waals surface area contributed by atoms with Gasteiger partial charge in [0.05, 0.1) is 6.10 Å². The summed E-state index contributed by atoms with van der Waals surface area (Å²) in [6, 6.07) is 0. The van der Waals surface area contributed by atoms with Gasteiger partial charge in [0.15, 0.2) is 0 Å². The molecule has 0 saturated carbocycles. The van der Waals surface area contributed by atoms with E-state index < -0.39 is 25.9 Å². The van der Waals surface area contributed by atoms with E-state index in [1.54, 1.807) is 0 Å². The van der Waals surface area contributed by atoms with Crippen molar-refractivity contribution in [2.24, 2.45) is 0 Å². The van der Waals surface area contributed by atoms with Crippen molar-refractivity contribution in [1.82, 2.24) is 0 Å². The molecule has 0 aromatic heterocycles. The molecule has 6 nitrogen and oxygen atoms in total. The van der Waals surface area contributed by atoms with Gasteiger partial charge >= 0.3 is 19.3 Å². The molecule has 0 aliphatic carbocycles. The zero-order valence-electron chi connectivity index (χ0n) is 22.3. The molecule has 0 aliphatic heterocycles.